The van der Waals surface area contributed by atoms with Gasteiger partial charge in [0.15, 0.2) is 0 Å². The van der Waals surface area contributed by atoms with Crippen LogP contribution < -0.4 is 0 Å². The molecule has 0 unspecified atom stereocenters. The van der Waals surface area contributed by atoms with E-state index in [9.17, 15) is 0 Å². The first kappa shape index (κ1) is 10.3. The van der Waals surface area contributed by atoms with Gasteiger partial charge in [-0.25, -0.2) is 4.98 Å². The molecule has 0 N–H and O–H groups in total. The van der Waals surface area contributed by atoms with Gasteiger partial charge < -0.3 is 0 Å². The highest BCUT2D eigenvalue weighted by molar-refractivity contribution is 6.30. The Kier molecular flexibility index (Phi) is 3.12. The molecule has 3 heteroatoms. The van der Waals surface area contributed by atoms with Crippen molar-refractivity contribution in [2.24, 2.45) is 0 Å². The highest BCUT2D eigenvalue weighted by Crippen LogP contribution is 2.18. The first-order valence-electron chi connectivity index (χ1n) is 3.79. The van der Waals surface area contributed by atoms with Crippen molar-refractivity contribution < 1.29 is 0 Å². The number of hydrogen-bond acceptors (Lipinski definition) is 1. The molecule has 0 aliphatic carbocycles. The third-order valence-corrected chi connectivity index (χ3v) is 2.24. The second-order valence-corrected chi connectivity index (χ2v) is 3.15. The molecule has 13 heavy (non-hydrogen) atoms. The van der Waals surface area contributed by atoms with E-state index >= 15 is 0 Å². The number of para-hydroxylation sites is 1. The molecule has 1 aromatic carbocycles. The van der Waals surface area contributed by atoms with E-state index in [0.29, 0.717) is 5.15 Å². The SMILES string of the molecule is Cc1cc2ccccc2nc1Cl.Cl. The summed E-state index contributed by atoms with van der Waals surface area (Å²) in [5, 5.41) is 1.73. The third-order valence-electron chi connectivity index (χ3n) is 1.85. The Bertz CT molecular complexity index is 386. The molecule has 0 fully saturated rings. The summed E-state index contributed by atoms with van der Waals surface area (Å²) in [6.45, 7) is 1.96. The van der Waals surface area contributed by atoms with E-state index in [0.717, 1.165) is 16.5 Å². The molecule has 0 spiro atoms. The molecule has 0 aliphatic heterocycles. The van der Waals surface area contributed by atoms with Crippen LogP contribution in [0.25, 0.3) is 10.9 Å². The molecule has 0 saturated heterocycles. The van der Waals surface area contributed by atoms with E-state index in [1.165, 1.54) is 0 Å². The second kappa shape index (κ2) is 3.95. The number of benzene rings is 1. The molecule has 0 bridgehead atoms. The minimum atomic E-state index is 0. The van der Waals surface area contributed by atoms with E-state index in [1.54, 1.807) is 0 Å². The lowest BCUT2D eigenvalue weighted by Gasteiger charge is -1.99. The Hall–Kier alpha value is -0.790. The van der Waals surface area contributed by atoms with E-state index in [4.69, 9.17) is 11.6 Å². The summed E-state index contributed by atoms with van der Waals surface area (Å²) >= 11 is 5.88. The predicted molar refractivity (Wildman–Crippen MR) is 58.7 cm³/mol. The molecule has 1 heterocycles. The van der Waals surface area contributed by atoms with Gasteiger partial charge in [0.2, 0.25) is 0 Å². The highest BCUT2D eigenvalue weighted by Gasteiger charge is 1.98. The van der Waals surface area contributed by atoms with Crippen LogP contribution >= 0.6 is 24.0 Å². The first-order chi connectivity index (χ1) is 5.77. The van der Waals surface area contributed by atoms with Crippen LogP contribution in [0.1, 0.15) is 5.56 Å². The lowest BCUT2D eigenvalue weighted by Crippen LogP contribution is -1.82. The van der Waals surface area contributed by atoms with Crippen molar-refractivity contribution in [3.63, 3.8) is 0 Å². The number of hydrogen-bond donors (Lipinski definition) is 0. The molecule has 0 aliphatic rings. The number of halogens is 2. The fourth-order valence-corrected chi connectivity index (χ4v) is 1.34. The van der Waals surface area contributed by atoms with E-state index < -0.39 is 0 Å². The Morgan fingerprint density at radius 2 is 1.92 bits per heavy atom. The molecule has 1 aromatic heterocycles. The van der Waals surface area contributed by atoms with Crippen molar-refractivity contribution in [2.45, 2.75) is 6.92 Å². The summed E-state index contributed by atoms with van der Waals surface area (Å²) in [7, 11) is 0. The predicted octanol–water partition coefficient (Wildman–Crippen LogP) is 3.62. The van der Waals surface area contributed by atoms with Gasteiger partial charge in [-0.15, -0.1) is 12.4 Å². The van der Waals surface area contributed by atoms with E-state index in [1.807, 2.05) is 37.3 Å². The number of aromatic nitrogens is 1. The second-order valence-electron chi connectivity index (χ2n) is 2.79. The molecule has 0 radical (unpaired) electrons. The zero-order chi connectivity index (χ0) is 8.55. The van der Waals surface area contributed by atoms with Crippen LogP contribution in [0.4, 0.5) is 0 Å². The molecule has 1 nitrogen and oxygen atoms in total. The van der Waals surface area contributed by atoms with Crippen LogP contribution in [-0.2, 0) is 0 Å². The van der Waals surface area contributed by atoms with Crippen LogP contribution in [0.15, 0.2) is 30.3 Å². The monoisotopic (exact) mass is 213 g/mol. The summed E-state index contributed by atoms with van der Waals surface area (Å²) < 4.78 is 0. The minimum Gasteiger partial charge on any atom is -0.236 e. The fourth-order valence-electron chi connectivity index (χ4n) is 1.20. The average Bonchev–Trinajstić information content (AvgIpc) is 2.07. The molecule has 0 amide bonds. The maximum atomic E-state index is 5.88. The molecule has 68 valence electrons. The van der Waals surface area contributed by atoms with Gasteiger partial charge in [-0.3, -0.25) is 0 Å². The molecule has 2 aromatic rings. The number of fused-ring (bicyclic) bond motifs is 1. The summed E-state index contributed by atoms with van der Waals surface area (Å²) in [5.41, 5.74) is 1.98. The fraction of sp³-hybridized carbons (Fsp3) is 0.100. The zero-order valence-corrected chi connectivity index (χ0v) is 8.69. The van der Waals surface area contributed by atoms with Crippen LogP contribution in [0.2, 0.25) is 5.15 Å². The van der Waals surface area contributed by atoms with Crippen molar-refractivity contribution in [3.8, 4) is 0 Å². The molecule has 0 atom stereocenters. The average molecular weight is 214 g/mol. The van der Waals surface area contributed by atoms with Gasteiger partial charge in [-0.05, 0) is 24.6 Å². The number of aryl methyl sites for hydroxylation is 1. The number of pyridine rings is 1. The number of nitrogens with zero attached hydrogens (tertiary/aromatic N) is 1. The van der Waals surface area contributed by atoms with Crippen LogP contribution in [-0.4, -0.2) is 4.98 Å². The minimum absolute atomic E-state index is 0. The quantitative estimate of drug-likeness (QED) is 0.610. The molecular formula is C10H9Cl2N. The maximum Gasteiger partial charge on any atom is 0.132 e. The molecule has 2 rings (SSSR count). The van der Waals surface area contributed by atoms with Gasteiger partial charge in [0.1, 0.15) is 5.15 Å². The molecular weight excluding hydrogens is 205 g/mol. The van der Waals surface area contributed by atoms with Crippen molar-refractivity contribution in [2.75, 3.05) is 0 Å². The third kappa shape index (κ3) is 1.93. The zero-order valence-electron chi connectivity index (χ0n) is 7.12. The summed E-state index contributed by atoms with van der Waals surface area (Å²) in [5.74, 6) is 0. The van der Waals surface area contributed by atoms with Crippen molar-refractivity contribution in [3.05, 3.63) is 41.0 Å². The lowest BCUT2D eigenvalue weighted by atomic mass is 10.2. The molecule has 0 saturated carbocycles. The Morgan fingerprint density at radius 3 is 2.69 bits per heavy atom. The Labute approximate surface area is 88.2 Å². The largest absolute Gasteiger partial charge is 0.236 e. The van der Waals surface area contributed by atoms with Crippen LogP contribution in [0.3, 0.4) is 0 Å². The van der Waals surface area contributed by atoms with Crippen molar-refractivity contribution in [1.29, 1.82) is 0 Å². The van der Waals surface area contributed by atoms with Gasteiger partial charge in [0.05, 0.1) is 5.52 Å². The topological polar surface area (TPSA) is 12.9 Å². The Morgan fingerprint density at radius 1 is 1.23 bits per heavy atom. The normalized spacial score (nSPS) is 9.69. The Balaban J connectivity index is 0.000000845. The van der Waals surface area contributed by atoms with E-state index in [-0.39, 0.29) is 12.4 Å². The lowest BCUT2D eigenvalue weighted by molar-refractivity contribution is 1.33. The van der Waals surface area contributed by atoms with E-state index in [2.05, 4.69) is 4.98 Å². The standard InChI is InChI=1S/C10H8ClN.ClH/c1-7-6-8-4-2-3-5-9(8)12-10(7)11;/h2-6H,1H3;1H. The van der Waals surface area contributed by atoms with Crippen molar-refractivity contribution >= 4 is 34.9 Å². The van der Waals surface area contributed by atoms with Gasteiger partial charge in [0.25, 0.3) is 0 Å². The highest BCUT2D eigenvalue weighted by atomic mass is 35.5. The van der Waals surface area contributed by atoms with Gasteiger partial charge in [-0.2, -0.15) is 0 Å². The smallest absolute Gasteiger partial charge is 0.132 e. The van der Waals surface area contributed by atoms with Gasteiger partial charge >= 0.3 is 0 Å². The van der Waals surface area contributed by atoms with Gasteiger partial charge in [-0.1, -0.05) is 29.8 Å². The summed E-state index contributed by atoms with van der Waals surface area (Å²) in [6.07, 6.45) is 0. The summed E-state index contributed by atoms with van der Waals surface area (Å²) in [4.78, 5) is 4.24. The van der Waals surface area contributed by atoms with Crippen molar-refractivity contribution in [1.82, 2.24) is 4.98 Å². The first-order valence-corrected chi connectivity index (χ1v) is 4.17. The van der Waals surface area contributed by atoms with Gasteiger partial charge in [0, 0.05) is 5.39 Å². The maximum absolute atomic E-state index is 5.88. The number of rotatable bonds is 0. The van der Waals surface area contributed by atoms with Crippen LogP contribution in [0.5, 0.6) is 0 Å². The summed E-state index contributed by atoms with van der Waals surface area (Å²) in [6, 6.07) is 10.00. The van der Waals surface area contributed by atoms with Crippen LogP contribution in [0, 0.1) is 6.92 Å².